The monoisotopic (exact) mass is 170 g/mol. The summed E-state index contributed by atoms with van der Waals surface area (Å²) in [4.78, 5) is 15.4. The van der Waals surface area contributed by atoms with Crippen LogP contribution in [0.25, 0.3) is 0 Å². The predicted octanol–water partition coefficient (Wildman–Crippen LogP) is 0.559. The smallest absolute Gasteiger partial charge is 0.219 e. The number of nitrogens with zero attached hydrogens (tertiary/aromatic N) is 2. The highest BCUT2D eigenvalue weighted by Crippen LogP contribution is 2.07. The maximum absolute atomic E-state index is 11.2. The Labute approximate surface area is 74.3 Å². The standard InChI is InChI=1S/C9H18N2O/c1-8-7-10(3)5-4-6-11(8)9(2)12/h8H,4-7H2,1-3H3. The van der Waals surface area contributed by atoms with E-state index >= 15 is 0 Å². The van der Waals surface area contributed by atoms with E-state index < -0.39 is 0 Å². The van der Waals surface area contributed by atoms with Crippen molar-refractivity contribution >= 4 is 5.91 Å². The van der Waals surface area contributed by atoms with Crippen molar-refractivity contribution in [3.8, 4) is 0 Å². The van der Waals surface area contributed by atoms with Gasteiger partial charge in [-0.25, -0.2) is 0 Å². The van der Waals surface area contributed by atoms with Gasteiger partial charge in [0.05, 0.1) is 0 Å². The highest BCUT2D eigenvalue weighted by atomic mass is 16.2. The van der Waals surface area contributed by atoms with E-state index in [1.165, 1.54) is 0 Å². The van der Waals surface area contributed by atoms with Gasteiger partial charge < -0.3 is 9.80 Å². The Morgan fingerprint density at radius 1 is 1.42 bits per heavy atom. The normalized spacial score (nSPS) is 26.9. The zero-order valence-electron chi connectivity index (χ0n) is 8.21. The highest BCUT2D eigenvalue weighted by Gasteiger charge is 2.20. The maximum atomic E-state index is 11.2. The van der Waals surface area contributed by atoms with Gasteiger partial charge in [0.2, 0.25) is 5.91 Å². The third kappa shape index (κ3) is 2.21. The van der Waals surface area contributed by atoms with Crippen molar-refractivity contribution in [2.75, 3.05) is 26.7 Å². The molecule has 1 aliphatic heterocycles. The lowest BCUT2D eigenvalue weighted by molar-refractivity contribution is -0.130. The zero-order chi connectivity index (χ0) is 9.14. The Kier molecular flexibility index (Phi) is 3.09. The van der Waals surface area contributed by atoms with Gasteiger partial charge in [-0.15, -0.1) is 0 Å². The number of rotatable bonds is 0. The summed E-state index contributed by atoms with van der Waals surface area (Å²) < 4.78 is 0. The molecule has 70 valence electrons. The fourth-order valence-electron chi connectivity index (χ4n) is 1.84. The number of amides is 1. The van der Waals surface area contributed by atoms with Crippen LogP contribution in [0.5, 0.6) is 0 Å². The largest absolute Gasteiger partial charge is 0.339 e. The Hall–Kier alpha value is -0.570. The van der Waals surface area contributed by atoms with Gasteiger partial charge >= 0.3 is 0 Å². The first-order valence-corrected chi connectivity index (χ1v) is 4.57. The molecule has 12 heavy (non-hydrogen) atoms. The van der Waals surface area contributed by atoms with E-state index in [9.17, 15) is 4.79 Å². The second-order valence-electron chi connectivity index (χ2n) is 3.68. The molecule has 0 saturated carbocycles. The molecule has 0 aromatic carbocycles. The van der Waals surface area contributed by atoms with Crippen LogP contribution in [0.1, 0.15) is 20.3 Å². The summed E-state index contributed by atoms with van der Waals surface area (Å²) >= 11 is 0. The molecule has 1 fully saturated rings. The van der Waals surface area contributed by atoms with Gasteiger partial charge in [-0.1, -0.05) is 0 Å². The first-order valence-electron chi connectivity index (χ1n) is 4.57. The lowest BCUT2D eigenvalue weighted by Gasteiger charge is -2.26. The zero-order valence-corrected chi connectivity index (χ0v) is 8.21. The number of carbonyl (C=O) groups excluding carboxylic acids is 1. The Balaban J connectivity index is 2.57. The molecule has 0 spiro atoms. The van der Waals surface area contributed by atoms with Crippen molar-refractivity contribution in [1.29, 1.82) is 0 Å². The van der Waals surface area contributed by atoms with Crippen molar-refractivity contribution in [3.63, 3.8) is 0 Å². The third-order valence-corrected chi connectivity index (χ3v) is 2.45. The molecule has 1 rings (SSSR count). The van der Waals surface area contributed by atoms with E-state index in [-0.39, 0.29) is 5.91 Å². The molecule has 0 aromatic heterocycles. The van der Waals surface area contributed by atoms with Crippen molar-refractivity contribution in [1.82, 2.24) is 9.80 Å². The lowest BCUT2D eigenvalue weighted by Crippen LogP contribution is -2.40. The fourth-order valence-corrected chi connectivity index (χ4v) is 1.84. The first kappa shape index (κ1) is 9.52. The summed E-state index contributed by atoms with van der Waals surface area (Å²) in [6, 6.07) is 0.370. The number of carbonyl (C=O) groups is 1. The molecular formula is C9H18N2O. The van der Waals surface area contributed by atoms with E-state index in [1.807, 2.05) is 4.90 Å². The van der Waals surface area contributed by atoms with Crippen LogP contribution in [0, 0.1) is 0 Å². The van der Waals surface area contributed by atoms with Gasteiger partial charge in [-0.05, 0) is 26.9 Å². The summed E-state index contributed by atoms with van der Waals surface area (Å²) in [5, 5.41) is 0. The Bertz CT molecular complexity index is 170. The van der Waals surface area contributed by atoms with E-state index in [0.717, 1.165) is 26.1 Å². The molecule has 1 atom stereocenters. The molecule has 1 saturated heterocycles. The van der Waals surface area contributed by atoms with E-state index in [1.54, 1.807) is 6.92 Å². The molecule has 0 aromatic rings. The van der Waals surface area contributed by atoms with Crippen LogP contribution in [0.3, 0.4) is 0 Å². The van der Waals surface area contributed by atoms with Crippen LogP contribution in [-0.4, -0.2) is 48.4 Å². The fraction of sp³-hybridized carbons (Fsp3) is 0.889. The summed E-state index contributed by atoms with van der Waals surface area (Å²) in [7, 11) is 2.11. The highest BCUT2D eigenvalue weighted by molar-refractivity contribution is 5.73. The van der Waals surface area contributed by atoms with Crippen LogP contribution in [-0.2, 0) is 4.79 Å². The summed E-state index contributed by atoms with van der Waals surface area (Å²) in [6.45, 7) is 6.79. The number of likely N-dealkylation sites (N-methyl/N-ethyl adjacent to an activating group) is 1. The number of hydrogen-bond acceptors (Lipinski definition) is 2. The molecule has 3 heteroatoms. The van der Waals surface area contributed by atoms with Gasteiger partial charge in [0, 0.05) is 26.1 Å². The Morgan fingerprint density at radius 3 is 2.67 bits per heavy atom. The first-order chi connectivity index (χ1) is 5.61. The topological polar surface area (TPSA) is 23.6 Å². The minimum atomic E-state index is 0.206. The predicted molar refractivity (Wildman–Crippen MR) is 49.0 cm³/mol. The quantitative estimate of drug-likeness (QED) is 0.530. The molecule has 1 amide bonds. The van der Waals surface area contributed by atoms with E-state index in [2.05, 4.69) is 18.9 Å². The molecule has 0 radical (unpaired) electrons. The van der Waals surface area contributed by atoms with Crippen LogP contribution in [0.15, 0.2) is 0 Å². The van der Waals surface area contributed by atoms with E-state index in [4.69, 9.17) is 0 Å². The van der Waals surface area contributed by atoms with Crippen molar-refractivity contribution in [2.24, 2.45) is 0 Å². The third-order valence-electron chi connectivity index (χ3n) is 2.45. The van der Waals surface area contributed by atoms with Crippen molar-refractivity contribution in [2.45, 2.75) is 26.3 Å². The van der Waals surface area contributed by atoms with Gasteiger partial charge in [0.1, 0.15) is 0 Å². The second-order valence-corrected chi connectivity index (χ2v) is 3.68. The molecular weight excluding hydrogens is 152 g/mol. The van der Waals surface area contributed by atoms with Gasteiger partial charge in [-0.2, -0.15) is 0 Å². The molecule has 1 aliphatic rings. The van der Waals surface area contributed by atoms with E-state index in [0.29, 0.717) is 6.04 Å². The molecule has 3 nitrogen and oxygen atoms in total. The lowest BCUT2D eigenvalue weighted by atomic mass is 10.3. The van der Waals surface area contributed by atoms with Crippen LogP contribution >= 0.6 is 0 Å². The van der Waals surface area contributed by atoms with Crippen molar-refractivity contribution < 1.29 is 4.79 Å². The van der Waals surface area contributed by atoms with Gasteiger partial charge in [0.15, 0.2) is 0 Å². The molecule has 0 bridgehead atoms. The minimum Gasteiger partial charge on any atom is -0.339 e. The maximum Gasteiger partial charge on any atom is 0.219 e. The molecule has 1 unspecified atom stereocenters. The molecule has 1 heterocycles. The summed E-state index contributed by atoms with van der Waals surface area (Å²) in [5.41, 5.74) is 0. The van der Waals surface area contributed by atoms with Crippen LogP contribution < -0.4 is 0 Å². The van der Waals surface area contributed by atoms with Crippen LogP contribution in [0.4, 0.5) is 0 Å². The molecule has 0 aliphatic carbocycles. The van der Waals surface area contributed by atoms with Crippen molar-refractivity contribution in [3.05, 3.63) is 0 Å². The average molecular weight is 170 g/mol. The summed E-state index contributed by atoms with van der Waals surface area (Å²) in [6.07, 6.45) is 1.10. The Morgan fingerprint density at radius 2 is 2.08 bits per heavy atom. The minimum absolute atomic E-state index is 0.206. The number of hydrogen-bond donors (Lipinski definition) is 0. The SMILES string of the molecule is CC(=O)N1CCCN(C)CC1C. The summed E-state index contributed by atoms with van der Waals surface area (Å²) in [5.74, 6) is 0.206. The van der Waals surface area contributed by atoms with Gasteiger partial charge in [-0.3, -0.25) is 4.79 Å². The molecule has 0 N–H and O–H groups in total. The van der Waals surface area contributed by atoms with Crippen LogP contribution in [0.2, 0.25) is 0 Å². The van der Waals surface area contributed by atoms with Gasteiger partial charge in [0.25, 0.3) is 0 Å². The second kappa shape index (κ2) is 3.90. The average Bonchev–Trinajstić information content (AvgIpc) is 2.10.